The van der Waals surface area contributed by atoms with Gasteiger partial charge < -0.3 is 4.90 Å². The van der Waals surface area contributed by atoms with E-state index < -0.39 is 4.92 Å². The molecular formula is C13H15IN2O3. The summed E-state index contributed by atoms with van der Waals surface area (Å²) in [5.41, 5.74) is 0.404. The van der Waals surface area contributed by atoms with Crippen molar-refractivity contribution in [3.63, 3.8) is 0 Å². The van der Waals surface area contributed by atoms with Crippen molar-refractivity contribution in [2.45, 2.75) is 19.8 Å². The fourth-order valence-corrected chi connectivity index (χ4v) is 2.88. The average molecular weight is 374 g/mol. The summed E-state index contributed by atoms with van der Waals surface area (Å²) in [7, 11) is 0. The molecule has 0 aliphatic carbocycles. The van der Waals surface area contributed by atoms with Crippen LogP contribution in [0.25, 0.3) is 0 Å². The minimum absolute atomic E-state index is 0.0324. The van der Waals surface area contributed by atoms with Crippen molar-refractivity contribution < 1.29 is 9.72 Å². The molecule has 0 spiro atoms. The van der Waals surface area contributed by atoms with Gasteiger partial charge in [0, 0.05) is 28.8 Å². The Hall–Kier alpha value is -1.18. The highest BCUT2D eigenvalue weighted by Crippen LogP contribution is 2.25. The molecule has 0 radical (unpaired) electrons. The van der Waals surface area contributed by atoms with Crippen LogP contribution < -0.4 is 0 Å². The maximum absolute atomic E-state index is 12.4. The zero-order valence-corrected chi connectivity index (χ0v) is 12.8. The second kappa shape index (κ2) is 5.85. The van der Waals surface area contributed by atoms with Gasteiger partial charge in [-0.05, 0) is 41.0 Å². The first-order valence-corrected chi connectivity index (χ1v) is 7.34. The lowest BCUT2D eigenvalue weighted by Crippen LogP contribution is -2.29. The monoisotopic (exact) mass is 374 g/mol. The van der Waals surface area contributed by atoms with Crippen molar-refractivity contribution in [3.8, 4) is 0 Å². The molecule has 1 saturated heterocycles. The Morgan fingerprint density at radius 2 is 2.32 bits per heavy atom. The van der Waals surface area contributed by atoms with Gasteiger partial charge in [-0.1, -0.05) is 13.3 Å². The van der Waals surface area contributed by atoms with Crippen LogP contribution in [0.5, 0.6) is 0 Å². The molecule has 1 aromatic rings. The first kappa shape index (κ1) is 14.2. The Morgan fingerprint density at radius 3 is 2.89 bits per heavy atom. The van der Waals surface area contributed by atoms with Gasteiger partial charge in [0.2, 0.25) is 0 Å². The summed E-state index contributed by atoms with van der Waals surface area (Å²) >= 11 is 2.05. The molecule has 1 aliphatic rings. The molecule has 102 valence electrons. The predicted octanol–water partition coefficient (Wildman–Crippen LogP) is 3.07. The highest BCUT2D eigenvalue weighted by atomic mass is 127. The summed E-state index contributed by atoms with van der Waals surface area (Å²) in [6.07, 6.45) is 2.09. The van der Waals surface area contributed by atoms with Crippen LogP contribution in [0.2, 0.25) is 0 Å². The van der Waals surface area contributed by atoms with Gasteiger partial charge in [-0.15, -0.1) is 0 Å². The van der Waals surface area contributed by atoms with Crippen molar-refractivity contribution in [2.24, 2.45) is 5.92 Å². The van der Waals surface area contributed by atoms with Crippen LogP contribution in [0.1, 0.15) is 30.1 Å². The number of carbonyl (C=O) groups excluding carboxylic acids is 1. The van der Waals surface area contributed by atoms with E-state index in [1.807, 2.05) is 22.6 Å². The van der Waals surface area contributed by atoms with Gasteiger partial charge in [0.1, 0.15) is 0 Å². The molecule has 1 aromatic carbocycles. The van der Waals surface area contributed by atoms with E-state index in [1.165, 1.54) is 12.1 Å². The van der Waals surface area contributed by atoms with Crippen LogP contribution in [0.3, 0.4) is 0 Å². The van der Waals surface area contributed by atoms with Gasteiger partial charge in [0.15, 0.2) is 0 Å². The van der Waals surface area contributed by atoms with E-state index in [2.05, 4.69) is 6.92 Å². The summed E-state index contributed by atoms with van der Waals surface area (Å²) in [6.45, 7) is 3.62. The van der Waals surface area contributed by atoms with Crippen LogP contribution in [-0.4, -0.2) is 28.8 Å². The SMILES string of the molecule is CCC1CCN(C(=O)c2cc([N+](=O)[O-])ccc2I)C1. The summed E-state index contributed by atoms with van der Waals surface area (Å²) in [6, 6.07) is 4.43. The predicted molar refractivity (Wildman–Crippen MR) is 80.1 cm³/mol. The summed E-state index contributed by atoms with van der Waals surface area (Å²) in [4.78, 5) is 24.5. The highest BCUT2D eigenvalue weighted by Gasteiger charge is 2.27. The zero-order chi connectivity index (χ0) is 14.0. The second-order valence-electron chi connectivity index (χ2n) is 4.74. The number of hydrogen-bond acceptors (Lipinski definition) is 3. The number of carbonyl (C=O) groups is 1. The molecule has 0 bridgehead atoms. The van der Waals surface area contributed by atoms with Crippen molar-refractivity contribution in [3.05, 3.63) is 37.4 Å². The first-order chi connectivity index (χ1) is 9.02. The van der Waals surface area contributed by atoms with Gasteiger partial charge in [0.25, 0.3) is 11.6 Å². The van der Waals surface area contributed by atoms with Gasteiger partial charge in [-0.2, -0.15) is 0 Å². The third kappa shape index (κ3) is 3.05. The van der Waals surface area contributed by atoms with E-state index in [0.717, 1.165) is 29.5 Å². The number of nitro groups is 1. The molecule has 1 amide bonds. The fraction of sp³-hybridized carbons (Fsp3) is 0.462. The number of nitrogens with zero attached hydrogens (tertiary/aromatic N) is 2. The van der Waals surface area contributed by atoms with Crippen molar-refractivity contribution in [1.82, 2.24) is 4.90 Å². The van der Waals surface area contributed by atoms with Crippen LogP contribution in [0.4, 0.5) is 5.69 Å². The van der Waals surface area contributed by atoms with Gasteiger partial charge >= 0.3 is 0 Å². The minimum atomic E-state index is -0.467. The molecule has 1 aliphatic heterocycles. The topological polar surface area (TPSA) is 63.5 Å². The number of nitro benzene ring substituents is 1. The molecule has 1 unspecified atom stereocenters. The largest absolute Gasteiger partial charge is 0.338 e. The summed E-state index contributed by atoms with van der Waals surface area (Å²) < 4.78 is 0.758. The number of likely N-dealkylation sites (tertiary alicyclic amines) is 1. The Bertz CT molecular complexity index is 519. The van der Waals surface area contributed by atoms with E-state index in [-0.39, 0.29) is 11.6 Å². The lowest BCUT2D eigenvalue weighted by Gasteiger charge is -2.17. The first-order valence-electron chi connectivity index (χ1n) is 6.26. The molecular weight excluding hydrogens is 359 g/mol. The molecule has 0 N–H and O–H groups in total. The number of amides is 1. The Balaban J connectivity index is 2.24. The zero-order valence-electron chi connectivity index (χ0n) is 10.6. The summed E-state index contributed by atoms with van der Waals surface area (Å²) in [5, 5.41) is 10.8. The molecule has 1 heterocycles. The average Bonchev–Trinajstić information content (AvgIpc) is 2.87. The highest BCUT2D eigenvalue weighted by molar-refractivity contribution is 14.1. The van der Waals surface area contributed by atoms with E-state index in [9.17, 15) is 14.9 Å². The summed E-state index contributed by atoms with van der Waals surface area (Å²) in [5.74, 6) is 0.462. The lowest BCUT2D eigenvalue weighted by atomic mass is 10.1. The number of hydrogen-bond donors (Lipinski definition) is 0. The van der Waals surface area contributed by atoms with Crippen LogP contribution in [0.15, 0.2) is 18.2 Å². The van der Waals surface area contributed by atoms with Gasteiger partial charge in [0.05, 0.1) is 10.5 Å². The normalized spacial score (nSPS) is 18.6. The molecule has 5 nitrogen and oxygen atoms in total. The van der Waals surface area contributed by atoms with Crippen LogP contribution in [-0.2, 0) is 0 Å². The van der Waals surface area contributed by atoms with E-state index in [1.54, 1.807) is 11.0 Å². The Labute approximate surface area is 125 Å². The van der Waals surface area contributed by atoms with Crippen molar-refractivity contribution >= 4 is 34.2 Å². The van der Waals surface area contributed by atoms with Gasteiger partial charge in [-0.3, -0.25) is 14.9 Å². The van der Waals surface area contributed by atoms with Crippen LogP contribution >= 0.6 is 22.6 Å². The fourth-order valence-electron chi connectivity index (χ4n) is 2.31. The number of benzene rings is 1. The minimum Gasteiger partial charge on any atom is -0.338 e. The van der Waals surface area contributed by atoms with Crippen molar-refractivity contribution in [2.75, 3.05) is 13.1 Å². The number of rotatable bonds is 3. The third-order valence-electron chi connectivity index (χ3n) is 3.54. The van der Waals surface area contributed by atoms with Crippen LogP contribution in [0, 0.1) is 19.6 Å². The maximum atomic E-state index is 12.4. The number of halogens is 1. The molecule has 2 rings (SSSR count). The molecule has 1 atom stereocenters. The Morgan fingerprint density at radius 1 is 1.58 bits per heavy atom. The number of non-ortho nitro benzene ring substituents is 1. The van der Waals surface area contributed by atoms with E-state index in [4.69, 9.17) is 0 Å². The molecule has 0 saturated carbocycles. The van der Waals surface area contributed by atoms with Crippen molar-refractivity contribution in [1.29, 1.82) is 0 Å². The molecule has 19 heavy (non-hydrogen) atoms. The molecule has 6 heteroatoms. The third-order valence-corrected chi connectivity index (χ3v) is 4.48. The van der Waals surface area contributed by atoms with E-state index >= 15 is 0 Å². The molecule has 0 aromatic heterocycles. The van der Waals surface area contributed by atoms with E-state index in [0.29, 0.717) is 11.5 Å². The smallest absolute Gasteiger partial charge is 0.270 e. The quantitative estimate of drug-likeness (QED) is 0.464. The molecule has 1 fully saturated rings. The maximum Gasteiger partial charge on any atom is 0.270 e. The Kier molecular flexibility index (Phi) is 4.38. The second-order valence-corrected chi connectivity index (χ2v) is 5.90. The standard InChI is InChI=1S/C13H15IN2O3/c1-2-9-5-6-15(8-9)13(17)11-7-10(16(18)19)3-4-12(11)14/h3-4,7,9H,2,5-6,8H2,1H3. The lowest BCUT2D eigenvalue weighted by molar-refractivity contribution is -0.384. The van der Waals surface area contributed by atoms with Gasteiger partial charge in [-0.25, -0.2) is 0 Å².